The van der Waals surface area contributed by atoms with Gasteiger partial charge in [-0.15, -0.1) is 11.8 Å². The molecular formula is C22H25N3O3S2. The first-order valence-electron chi connectivity index (χ1n) is 9.88. The summed E-state index contributed by atoms with van der Waals surface area (Å²) in [4.78, 5) is 18.7. The van der Waals surface area contributed by atoms with E-state index in [2.05, 4.69) is 15.6 Å². The quantitative estimate of drug-likeness (QED) is 0.531. The molecule has 1 amide bonds. The van der Waals surface area contributed by atoms with Gasteiger partial charge in [-0.25, -0.2) is 0 Å². The second-order valence-electron chi connectivity index (χ2n) is 7.47. The SMILES string of the molecule is CSc1cccc(NC2=N[C@H]3[C@@H](O)[C@H](O)C[C@H](C(=O)NCc4ccccc4)[C@H]3S2)c1. The Kier molecular flexibility index (Phi) is 6.67. The summed E-state index contributed by atoms with van der Waals surface area (Å²) in [5.74, 6) is -0.546. The fourth-order valence-corrected chi connectivity index (χ4v) is 5.69. The van der Waals surface area contributed by atoms with Gasteiger partial charge in [0, 0.05) is 22.4 Å². The molecule has 0 aromatic heterocycles. The fraction of sp³-hybridized carbons (Fsp3) is 0.364. The van der Waals surface area contributed by atoms with Crippen LogP contribution >= 0.6 is 23.5 Å². The van der Waals surface area contributed by atoms with Crippen molar-refractivity contribution in [3.05, 3.63) is 60.2 Å². The van der Waals surface area contributed by atoms with Crippen molar-refractivity contribution in [1.82, 2.24) is 5.32 Å². The van der Waals surface area contributed by atoms with Gasteiger partial charge in [-0.05, 0) is 36.4 Å². The van der Waals surface area contributed by atoms with Gasteiger partial charge in [0.2, 0.25) is 5.91 Å². The maximum atomic E-state index is 12.9. The van der Waals surface area contributed by atoms with Crippen LogP contribution in [0.1, 0.15) is 12.0 Å². The minimum Gasteiger partial charge on any atom is -0.390 e. The number of anilines is 1. The van der Waals surface area contributed by atoms with E-state index in [0.717, 1.165) is 16.1 Å². The van der Waals surface area contributed by atoms with Crippen LogP contribution in [0.2, 0.25) is 0 Å². The zero-order chi connectivity index (χ0) is 21.1. The number of nitrogens with one attached hydrogen (secondary N) is 2. The van der Waals surface area contributed by atoms with E-state index < -0.39 is 24.2 Å². The van der Waals surface area contributed by atoms with Crippen LogP contribution in [0.5, 0.6) is 0 Å². The highest BCUT2D eigenvalue weighted by Crippen LogP contribution is 2.41. The molecule has 158 valence electrons. The number of benzene rings is 2. The van der Waals surface area contributed by atoms with Crippen LogP contribution in [0.4, 0.5) is 5.69 Å². The van der Waals surface area contributed by atoms with Crippen LogP contribution in [0.25, 0.3) is 0 Å². The van der Waals surface area contributed by atoms with Gasteiger partial charge < -0.3 is 20.8 Å². The summed E-state index contributed by atoms with van der Waals surface area (Å²) < 4.78 is 0. The summed E-state index contributed by atoms with van der Waals surface area (Å²) in [7, 11) is 0. The molecule has 6 nitrogen and oxygen atoms in total. The van der Waals surface area contributed by atoms with Crippen molar-refractivity contribution in [2.75, 3.05) is 11.6 Å². The average Bonchev–Trinajstić information content (AvgIpc) is 3.19. The number of hydrogen-bond acceptors (Lipinski definition) is 7. The Hall–Kier alpha value is -2.00. The molecule has 1 saturated carbocycles. The lowest BCUT2D eigenvalue weighted by Crippen LogP contribution is -2.53. The van der Waals surface area contributed by atoms with Crippen LogP contribution < -0.4 is 10.6 Å². The number of thioether (sulfide) groups is 2. The second-order valence-corrected chi connectivity index (χ2v) is 9.51. The molecule has 0 radical (unpaired) electrons. The first-order chi connectivity index (χ1) is 14.5. The van der Waals surface area contributed by atoms with Crippen molar-refractivity contribution in [2.45, 2.75) is 41.4 Å². The molecule has 1 aliphatic carbocycles. The maximum Gasteiger partial charge on any atom is 0.224 e. The molecule has 0 bridgehead atoms. The summed E-state index contributed by atoms with van der Waals surface area (Å²) in [5.41, 5.74) is 1.93. The Morgan fingerprint density at radius 2 is 2.00 bits per heavy atom. The molecule has 0 spiro atoms. The van der Waals surface area contributed by atoms with Gasteiger partial charge in [-0.2, -0.15) is 0 Å². The number of aliphatic hydroxyl groups is 2. The number of hydrogen-bond donors (Lipinski definition) is 4. The first kappa shape index (κ1) is 21.2. The predicted octanol–water partition coefficient (Wildman–Crippen LogP) is 2.72. The topological polar surface area (TPSA) is 94.0 Å². The van der Waals surface area contributed by atoms with E-state index in [1.807, 2.05) is 60.9 Å². The number of aliphatic imine (C=N–C) groups is 1. The third kappa shape index (κ3) is 4.67. The number of nitrogens with zero attached hydrogens (tertiary/aromatic N) is 1. The predicted molar refractivity (Wildman–Crippen MR) is 123 cm³/mol. The number of fused-ring (bicyclic) bond motifs is 1. The Balaban J connectivity index is 1.45. The monoisotopic (exact) mass is 443 g/mol. The second kappa shape index (κ2) is 9.43. The van der Waals surface area contributed by atoms with Gasteiger partial charge in [0.05, 0.1) is 18.1 Å². The lowest BCUT2D eigenvalue weighted by atomic mass is 9.81. The van der Waals surface area contributed by atoms with E-state index in [1.165, 1.54) is 11.8 Å². The van der Waals surface area contributed by atoms with E-state index in [0.29, 0.717) is 11.7 Å². The van der Waals surface area contributed by atoms with Crippen molar-refractivity contribution in [1.29, 1.82) is 0 Å². The average molecular weight is 444 g/mol. The van der Waals surface area contributed by atoms with E-state index in [-0.39, 0.29) is 17.6 Å². The molecule has 1 aliphatic heterocycles. The molecule has 2 aromatic rings. The lowest BCUT2D eigenvalue weighted by molar-refractivity contribution is -0.129. The summed E-state index contributed by atoms with van der Waals surface area (Å²) in [6.45, 7) is 0.435. The van der Waals surface area contributed by atoms with Crippen molar-refractivity contribution in [3.8, 4) is 0 Å². The Morgan fingerprint density at radius 1 is 1.20 bits per heavy atom. The number of amides is 1. The van der Waals surface area contributed by atoms with Crippen LogP contribution in [-0.2, 0) is 11.3 Å². The van der Waals surface area contributed by atoms with Gasteiger partial charge in [0.1, 0.15) is 6.10 Å². The number of carbonyl (C=O) groups is 1. The van der Waals surface area contributed by atoms with Gasteiger partial charge >= 0.3 is 0 Å². The molecular weight excluding hydrogens is 418 g/mol. The molecule has 2 aliphatic rings. The number of rotatable bonds is 5. The fourth-order valence-electron chi connectivity index (χ4n) is 3.85. The van der Waals surface area contributed by atoms with Gasteiger partial charge in [-0.3, -0.25) is 9.79 Å². The van der Waals surface area contributed by atoms with Gasteiger partial charge in [0.25, 0.3) is 0 Å². The summed E-state index contributed by atoms with van der Waals surface area (Å²) in [5, 5.41) is 27.6. The maximum absolute atomic E-state index is 12.9. The highest BCUT2D eigenvalue weighted by Gasteiger charge is 2.50. The van der Waals surface area contributed by atoms with E-state index in [1.54, 1.807) is 11.8 Å². The summed E-state index contributed by atoms with van der Waals surface area (Å²) in [6, 6.07) is 17.2. The Morgan fingerprint density at radius 3 is 2.77 bits per heavy atom. The highest BCUT2D eigenvalue weighted by atomic mass is 32.2. The van der Waals surface area contributed by atoms with E-state index in [4.69, 9.17) is 0 Å². The van der Waals surface area contributed by atoms with E-state index in [9.17, 15) is 15.0 Å². The molecule has 4 N–H and O–H groups in total. The van der Waals surface area contributed by atoms with Gasteiger partial charge in [-0.1, -0.05) is 48.2 Å². The third-order valence-corrected chi connectivity index (χ3v) is 7.49. The summed E-state index contributed by atoms with van der Waals surface area (Å²) in [6.07, 6.45) is 0.298. The molecule has 0 unspecified atom stereocenters. The van der Waals surface area contributed by atoms with Crippen LogP contribution in [-0.4, -0.2) is 51.0 Å². The molecule has 1 fully saturated rings. The molecule has 30 heavy (non-hydrogen) atoms. The van der Waals surface area contributed by atoms with Crippen molar-refractivity contribution in [2.24, 2.45) is 10.9 Å². The smallest absolute Gasteiger partial charge is 0.224 e. The number of amidine groups is 1. The largest absolute Gasteiger partial charge is 0.390 e. The Labute approximate surface area is 184 Å². The third-order valence-electron chi connectivity index (χ3n) is 5.45. The van der Waals surface area contributed by atoms with Crippen molar-refractivity contribution >= 4 is 40.3 Å². The molecule has 5 atom stereocenters. The normalized spacial score (nSPS) is 27.8. The van der Waals surface area contributed by atoms with Crippen LogP contribution in [0.3, 0.4) is 0 Å². The van der Waals surface area contributed by atoms with Crippen LogP contribution in [0.15, 0.2) is 64.5 Å². The minimum atomic E-state index is -0.975. The minimum absolute atomic E-state index is 0.117. The molecule has 1 heterocycles. The Bertz CT molecular complexity index is 925. The summed E-state index contributed by atoms with van der Waals surface area (Å²) >= 11 is 3.12. The first-order valence-corrected chi connectivity index (χ1v) is 12.0. The van der Waals surface area contributed by atoms with Gasteiger partial charge in [0.15, 0.2) is 5.17 Å². The zero-order valence-corrected chi connectivity index (χ0v) is 18.2. The molecule has 2 aromatic carbocycles. The van der Waals surface area contributed by atoms with Crippen molar-refractivity contribution in [3.63, 3.8) is 0 Å². The standard InChI is InChI=1S/C22H25N3O3S2/c1-29-15-9-5-8-14(10-15)24-22-25-18-19(27)17(26)11-16(20(18)30-22)21(28)23-12-13-6-3-2-4-7-13/h2-10,16-20,26-27H,11-12H2,1H3,(H,23,28)(H,24,25)/t16-,17+,18-,19-,20+/m0/s1. The lowest BCUT2D eigenvalue weighted by Gasteiger charge is -2.37. The zero-order valence-electron chi connectivity index (χ0n) is 16.6. The number of aliphatic hydroxyl groups excluding tert-OH is 2. The van der Waals surface area contributed by atoms with E-state index >= 15 is 0 Å². The van der Waals surface area contributed by atoms with Crippen molar-refractivity contribution < 1.29 is 15.0 Å². The number of carbonyl (C=O) groups excluding carboxylic acids is 1. The highest BCUT2D eigenvalue weighted by molar-refractivity contribution is 8.15. The molecule has 4 rings (SSSR count). The molecule has 8 heteroatoms. The molecule has 0 saturated heterocycles. The van der Waals surface area contributed by atoms with Crippen LogP contribution in [0, 0.1) is 5.92 Å².